The first kappa shape index (κ1) is 8.45. The highest BCUT2D eigenvalue weighted by atomic mass is 16.6. The van der Waals surface area contributed by atoms with Gasteiger partial charge in [-0.1, -0.05) is 0 Å². The molecule has 0 atom stereocenters. The fourth-order valence-corrected chi connectivity index (χ4v) is 1.18. The van der Waals surface area contributed by atoms with E-state index in [9.17, 15) is 10.1 Å². The van der Waals surface area contributed by atoms with Gasteiger partial charge in [0, 0.05) is 12.1 Å². The fourth-order valence-electron chi connectivity index (χ4n) is 1.18. The number of aromatic amines is 1. The number of hydrazine groups is 1. The molecule has 0 amide bonds. The van der Waals surface area contributed by atoms with Crippen LogP contribution in [0.15, 0.2) is 18.2 Å². The standard InChI is InChI=1S/C7H7N5O2/c8-11-7-9-5-2-1-4(12(13)14)3-6(5)10-7/h1-3H,8H2,(H2,9,10,11). The Labute approximate surface area is 78.1 Å². The molecule has 0 saturated carbocycles. The van der Waals surface area contributed by atoms with Gasteiger partial charge in [0.2, 0.25) is 5.95 Å². The maximum absolute atomic E-state index is 10.5. The molecule has 0 saturated heterocycles. The van der Waals surface area contributed by atoms with Gasteiger partial charge in [-0.25, -0.2) is 10.8 Å². The molecule has 0 aliphatic heterocycles. The molecule has 0 unspecified atom stereocenters. The molecule has 0 spiro atoms. The second-order valence-electron chi connectivity index (χ2n) is 2.69. The van der Waals surface area contributed by atoms with Crippen LogP contribution in [-0.2, 0) is 0 Å². The average Bonchev–Trinajstić information content (AvgIpc) is 2.58. The molecule has 1 aromatic heterocycles. The Morgan fingerprint density at radius 3 is 3.00 bits per heavy atom. The molecular weight excluding hydrogens is 186 g/mol. The summed E-state index contributed by atoms with van der Waals surface area (Å²) >= 11 is 0. The Balaban J connectivity index is 2.59. The van der Waals surface area contributed by atoms with E-state index in [1.165, 1.54) is 12.1 Å². The van der Waals surface area contributed by atoms with E-state index in [2.05, 4.69) is 15.4 Å². The smallest absolute Gasteiger partial charge is 0.271 e. The Kier molecular flexibility index (Phi) is 1.79. The molecular formula is C7H7N5O2. The van der Waals surface area contributed by atoms with Gasteiger partial charge in [0.1, 0.15) is 0 Å². The van der Waals surface area contributed by atoms with Crippen molar-refractivity contribution in [1.82, 2.24) is 9.97 Å². The SMILES string of the molecule is NNc1nc2ccc([N+](=O)[O-])cc2[nH]1. The van der Waals surface area contributed by atoms with E-state index >= 15 is 0 Å². The fraction of sp³-hybridized carbons (Fsp3) is 0. The van der Waals surface area contributed by atoms with Crippen LogP contribution in [0.3, 0.4) is 0 Å². The number of nitro groups is 1. The number of fused-ring (bicyclic) bond motifs is 1. The quantitative estimate of drug-likeness (QED) is 0.370. The minimum Gasteiger partial charge on any atom is -0.323 e. The minimum absolute atomic E-state index is 0.0183. The number of nitro benzene ring substituents is 1. The first-order valence-electron chi connectivity index (χ1n) is 3.81. The molecule has 4 N–H and O–H groups in total. The van der Waals surface area contributed by atoms with Crippen molar-refractivity contribution in [2.24, 2.45) is 5.84 Å². The molecule has 14 heavy (non-hydrogen) atoms. The van der Waals surface area contributed by atoms with Crippen LogP contribution in [0.5, 0.6) is 0 Å². The molecule has 0 aliphatic rings. The Bertz CT molecular complexity index is 492. The zero-order valence-corrected chi connectivity index (χ0v) is 7.02. The van der Waals surface area contributed by atoms with Crippen LogP contribution in [0.25, 0.3) is 11.0 Å². The summed E-state index contributed by atoms with van der Waals surface area (Å²) < 4.78 is 0. The predicted molar refractivity (Wildman–Crippen MR) is 50.6 cm³/mol. The number of H-pyrrole nitrogens is 1. The van der Waals surface area contributed by atoms with Gasteiger partial charge in [0.05, 0.1) is 16.0 Å². The van der Waals surface area contributed by atoms with Crippen LogP contribution in [0.1, 0.15) is 0 Å². The summed E-state index contributed by atoms with van der Waals surface area (Å²) in [5, 5.41) is 10.5. The third kappa shape index (κ3) is 1.25. The number of nitrogens with two attached hydrogens (primary N) is 1. The largest absolute Gasteiger partial charge is 0.323 e. The summed E-state index contributed by atoms with van der Waals surface area (Å²) in [7, 11) is 0. The zero-order valence-electron chi connectivity index (χ0n) is 7.02. The van der Waals surface area contributed by atoms with Gasteiger partial charge in [-0.15, -0.1) is 0 Å². The highest BCUT2D eigenvalue weighted by Crippen LogP contribution is 2.19. The lowest BCUT2D eigenvalue weighted by molar-refractivity contribution is -0.384. The first-order valence-corrected chi connectivity index (χ1v) is 3.81. The van der Waals surface area contributed by atoms with Crippen LogP contribution in [-0.4, -0.2) is 14.9 Å². The Hall–Kier alpha value is -2.15. The second kappa shape index (κ2) is 2.96. The lowest BCUT2D eigenvalue weighted by atomic mass is 10.3. The number of imidazole rings is 1. The number of nitrogens with one attached hydrogen (secondary N) is 2. The molecule has 7 heteroatoms. The van der Waals surface area contributed by atoms with Crippen LogP contribution in [0.4, 0.5) is 11.6 Å². The molecule has 1 heterocycles. The van der Waals surface area contributed by atoms with Crippen molar-refractivity contribution in [2.75, 3.05) is 5.43 Å². The number of nitrogens with zero attached hydrogens (tertiary/aromatic N) is 2. The molecule has 2 rings (SSSR count). The van der Waals surface area contributed by atoms with Gasteiger partial charge in [-0.3, -0.25) is 15.5 Å². The highest BCUT2D eigenvalue weighted by Gasteiger charge is 2.08. The third-order valence-corrected chi connectivity index (χ3v) is 1.81. The first-order chi connectivity index (χ1) is 6.70. The molecule has 0 bridgehead atoms. The van der Waals surface area contributed by atoms with Crippen molar-refractivity contribution in [1.29, 1.82) is 0 Å². The number of non-ortho nitro benzene ring substituents is 1. The molecule has 2 aromatic rings. The Morgan fingerprint density at radius 1 is 1.57 bits per heavy atom. The normalized spacial score (nSPS) is 10.4. The average molecular weight is 193 g/mol. The van der Waals surface area contributed by atoms with Crippen molar-refractivity contribution in [2.45, 2.75) is 0 Å². The van der Waals surface area contributed by atoms with Crippen molar-refractivity contribution in [3.63, 3.8) is 0 Å². The maximum atomic E-state index is 10.5. The number of hydrogen-bond donors (Lipinski definition) is 3. The van der Waals surface area contributed by atoms with Gasteiger partial charge < -0.3 is 4.98 Å². The highest BCUT2D eigenvalue weighted by molar-refractivity contribution is 5.79. The van der Waals surface area contributed by atoms with Crippen molar-refractivity contribution in [3.8, 4) is 0 Å². The number of aromatic nitrogens is 2. The lowest BCUT2D eigenvalue weighted by Crippen LogP contribution is -2.07. The molecule has 72 valence electrons. The van der Waals surface area contributed by atoms with E-state index in [0.717, 1.165) is 0 Å². The number of nitrogen functional groups attached to an aromatic ring is 1. The van der Waals surface area contributed by atoms with Crippen LogP contribution in [0, 0.1) is 10.1 Å². The van der Waals surface area contributed by atoms with E-state index in [4.69, 9.17) is 5.84 Å². The van der Waals surface area contributed by atoms with E-state index in [1.807, 2.05) is 0 Å². The topological polar surface area (TPSA) is 110 Å². The predicted octanol–water partition coefficient (Wildman–Crippen LogP) is 0.757. The van der Waals surface area contributed by atoms with Gasteiger partial charge in [-0.2, -0.15) is 0 Å². The summed E-state index contributed by atoms with van der Waals surface area (Å²) in [5.74, 6) is 5.51. The van der Waals surface area contributed by atoms with Crippen LogP contribution >= 0.6 is 0 Å². The monoisotopic (exact) mass is 193 g/mol. The van der Waals surface area contributed by atoms with Crippen molar-refractivity contribution in [3.05, 3.63) is 28.3 Å². The summed E-state index contributed by atoms with van der Waals surface area (Å²) in [5.41, 5.74) is 3.55. The summed E-state index contributed by atoms with van der Waals surface area (Å²) in [6.07, 6.45) is 0. The molecule has 1 aromatic carbocycles. The number of rotatable bonds is 2. The van der Waals surface area contributed by atoms with E-state index in [1.54, 1.807) is 6.07 Å². The molecule has 0 aliphatic carbocycles. The van der Waals surface area contributed by atoms with Gasteiger partial charge in [-0.05, 0) is 6.07 Å². The van der Waals surface area contributed by atoms with E-state index < -0.39 is 4.92 Å². The zero-order chi connectivity index (χ0) is 10.1. The van der Waals surface area contributed by atoms with Crippen molar-refractivity contribution >= 4 is 22.7 Å². The summed E-state index contributed by atoms with van der Waals surface area (Å²) in [6.45, 7) is 0. The summed E-state index contributed by atoms with van der Waals surface area (Å²) in [6, 6.07) is 4.36. The number of anilines is 1. The third-order valence-electron chi connectivity index (χ3n) is 1.81. The second-order valence-corrected chi connectivity index (χ2v) is 2.69. The van der Waals surface area contributed by atoms with Gasteiger partial charge >= 0.3 is 0 Å². The van der Waals surface area contributed by atoms with E-state index in [0.29, 0.717) is 17.0 Å². The Morgan fingerprint density at radius 2 is 2.36 bits per heavy atom. The lowest BCUT2D eigenvalue weighted by Gasteiger charge is -1.89. The number of hydrogen-bond acceptors (Lipinski definition) is 5. The maximum Gasteiger partial charge on any atom is 0.271 e. The van der Waals surface area contributed by atoms with Gasteiger partial charge in [0.15, 0.2) is 0 Å². The molecule has 0 fully saturated rings. The minimum atomic E-state index is -0.462. The van der Waals surface area contributed by atoms with Crippen LogP contribution < -0.4 is 11.3 Å². The number of benzene rings is 1. The summed E-state index contributed by atoms with van der Waals surface area (Å²) in [4.78, 5) is 16.8. The van der Waals surface area contributed by atoms with Gasteiger partial charge in [0.25, 0.3) is 5.69 Å². The molecule has 7 nitrogen and oxygen atoms in total. The van der Waals surface area contributed by atoms with Crippen LogP contribution in [0.2, 0.25) is 0 Å². The molecule has 0 radical (unpaired) electrons. The van der Waals surface area contributed by atoms with E-state index in [-0.39, 0.29) is 5.69 Å². The van der Waals surface area contributed by atoms with Crippen molar-refractivity contribution < 1.29 is 4.92 Å².